The first-order valence-corrected chi connectivity index (χ1v) is 9.53. The van der Waals surface area contributed by atoms with Crippen LogP contribution in [0.1, 0.15) is 28.8 Å². The Kier molecular flexibility index (Phi) is 6.29. The number of amides is 2. The van der Waals surface area contributed by atoms with Crippen molar-refractivity contribution in [3.05, 3.63) is 71.8 Å². The number of rotatable bonds is 6. The van der Waals surface area contributed by atoms with Crippen LogP contribution in [0.5, 0.6) is 0 Å². The third-order valence-corrected chi connectivity index (χ3v) is 5.22. The van der Waals surface area contributed by atoms with Gasteiger partial charge in [-0.25, -0.2) is 4.79 Å². The minimum atomic E-state index is -1.81. The van der Waals surface area contributed by atoms with Crippen LogP contribution < -0.4 is 5.32 Å². The van der Waals surface area contributed by atoms with Crippen molar-refractivity contribution in [3.63, 3.8) is 0 Å². The molecule has 0 aromatic heterocycles. The van der Waals surface area contributed by atoms with Crippen molar-refractivity contribution in [2.24, 2.45) is 0 Å². The van der Waals surface area contributed by atoms with Crippen LogP contribution in [0.3, 0.4) is 0 Å². The third kappa shape index (κ3) is 5.00. The molecule has 0 bridgehead atoms. The quantitative estimate of drug-likeness (QED) is 0.685. The van der Waals surface area contributed by atoms with E-state index in [1.165, 1.54) is 4.90 Å². The zero-order valence-corrected chi connectivity index (χ0v) is 16.0. The third-order valence-electron chi connectivity index (χ3n) is 5.22. The zero-order valence-electron chi connectivity index (χ0n) is 16.0. The first-order valence-electron chi connectivity index (χ1n) is 9.53. The fourth-order valence-corrected chi connectivity index (χ4v) is 3.41. The van der Waals surface area contributed by atoms with Gasteiger partial charge in [0.15, 0.2) is 5.60 Å². The van der Waals surface area contributed by atoms with Crippen molar-refractivity contribution >= 4 is 17.8 Å². The number of carbonyl (C=O) groups is 3. The molecule has 0 aliphatic carbocycles. The Morgan fingerprint density at radius 1 is 0.966 bits per heavy atom. The van der Waals surface area contributed by atoms with Crippen molar-refractivity contribution in [3.8, 4) is 0 Å². The number of nitrogens with one attached hydrogen (secondary N) is 1. The highest BCUT2D eigenvalue weighted by molar-refractivity contribution is 5.97. The number of carbonyl (C=O) groups excluding carboxylic acids is 2. The molecule has 2 amide bonds. The van der Waals surface area contributed by atoms with E-state index in [0.29, 0.717) is 12.0 Å². The molecule has 1 saturated heterocycles. The minimum Gasteiger partial charge on any atom is -0.479 e. The van der Waals surface area contributed by atoms with Gasteiger partial charge in [-0.15, -0.1) is 0 Å². The average molecular weight is 396 g/mol. The lowest BCUT2D eigenvalue weighted by atomic mass is 9.91. The molecule has 0 spiro atoms. The van der Waals surface area contributed by atoms with E-state index in [-0.39, 0.29) is 37.7 Å². The van der Waals surface area contributed by atoms with Crippen LogP contribution in [0, 0.1) is 0 Å². The summed E-state index contributed by atoms with van der Waals surface area (Å²) >= 11 is 0. The van der Waals surface area contributed by atoms with Crippen molar-refractivity contribution in [1.29, 1.82) is 0 Å². The smallest absolute Gasteiger partial charge is 0.335 e. The molecule has 0 saturated carbocycles. The van der Waals surface area contributed by atoms with E-state index in [0.717, 1.165) is 5.56 Å². The fraction of sp³-hybridized carbons (Fsp3) is 0.318. The first-order chi connectivity index (χ1) is 13.9. The Morgan fingerprint density at radius 3 is 2.07 bits per heavy atom. The Bertz CT molecular complexity index is 861. The van der Waals surface area contributed by atoms with Crippen LogP contribution in [-0.4, -0.2) is 57.6 Å². The molecule has 1 aliphatic rings. The maximum Gasteiger partial charge on any atom is 0.335 e. The number of nitrogens with zero attached hydrogens (tertiary/aromatic N) is 1. The number of carboxylic acid groups (broad SMARTS) is 1. The van der Waals surface area contributed by atoms with Crippen LogP contribution in [0.4, 0.5) is 0 Å². The van der Waals surface area contributed by atoms with Crippen LogP contribution in [-0.2, 0) is 16.0 Å². The summed E-state index contributed by atoms with van der Waals surface area (Å²) in [5, 5.41) is 22.1. The fourth-order valence-electron chi connectivity index (χ4n) is 3.41. The van der Waals surface area contributed by atoms with Crippen molar-refractivity contribution in [2.45, 2.75) is 30.9 Å². The molecule has 3 N–H and O–H groups in total. The molecule has 1 fully saturated rings. The van der Waals surface area contributed by atoms with Crippen LogP contribution in [0.15, 0.2) is 60.7 Å². The van der Waals surface area contributed by atoms with Crippen molar-refractivity contribution in [2.75, 3.05) is 13.1 Å². The van der Waals surface area contributed by atoms with Gasteiger partial charge in [-0.1, -0.05) is 48.5 Å². The van der Waals surface area contributed by atoms with E-state index in [1.54, 1.807) is 30.3 Å². The SMILES string of the molecule is O=C(NC(Cc1ccccc1)C(=O)N1CCC(O)(C(=O)O)CC1)c1ccccc1. The van der Waals surface area contributed by atoms with Crippen molar-refractivity contribution in [1.82, 2.24) is 10.2 Å². The Hall–Kier alpha value is -3.19. The van der Waals surface area contributed by atoms with E-state index >= 15 is 0 Å². The number of benzene rings is 2. The molecule has 2 aromatic carbocycles. The second kappa shape index (κ2) is 8.87. The van der Waals surface area contributed by atoms with Gasteiger partial charge in [0.25, 0.3) is 5.91 Å². The van der Waals surface area contributed by atoms with Crippen LogP contribution >= 0.6 is 0 Å². The normalized spacial score (nSPS) is 16.7. The average Bonchev–Trinajstić information content (AvgIpc) is 2.74. The van der Waals surface area contributed by atoms with Crippen LogP contribution in [0.2, 0.25) is 0 Å². The van der Waals surface area contributed by atoms with Gasteiger partial charge < -0.3 is 20.4 Å². The van der Waals surface area contributed by atoms with Gasteiger partial charge in [0.2, 0.25) is 5.91 Å². The summed E-state index contributed by atoms with van der Waals surface area (Å²) in [5.74, 6) is -1.91. The van der Waals surface area contributed by atoms with E-state index in [1.807, 2.05) is 30.3 Å². The van der Waals surface area contributed by atoms with Gasteiger partial charge in [-0.2, -0.15) is 0 Å². The van der Waals surface area contributed by atoms with E-state index in [9.17, 15) is 19.5 Å². The molecular weight excluding hydrogens is 372 g/mol. The molecule has 1 unspecified atom stereocenters. The second-order valence-corrected chi connectivity index (χ2v) is 7.24. The molecule has 29 heavy (non-hydrogen) atoms. The molecule has 1 atom stereocenters. The van der Waals surface area contributed by atoms with E-state index in [2.05, 4.69) is 5.32 Å². The topological polar surface area (TPSA) is 107 Å². The number of hydrogen-bond donors (Lipinski definition) is 3. The molecule has 7 heteroatoms. The second-order valence-electron chi connectivity index (χ2n) is 7.24. The lowest BCUT2D eigenvalue weighted by molar-refractivity contribution is -0.165. The number of likely N-dealkylation sites (tertiary alicyclic amines) is 1. The summed E-state index contributed by atoms with van der Waals surface area (Å²) in [4.78, 5) is 38.5. The Morgan fingerprint density at radius 2 is 1.52 bits per heavy atom. The van der Waals surface area contributed by atoms with Gasteiger partial charge in [-0.3, -0.25) is 9.59 Å². The first kappa shape index (κ1) is 20.5. The molecule has 1 heterocycles. The highest BCUT2D eigenvalue weighted by Gasteiger charge is 2.41. The summed E-state index contributed by atoms with van der Waals surface area (Å²) < 4.78 is 0. The summed E-state index contributed by atoms with van der Waals surface area (Å²) in [5.41, 5.74) is -0.450. The molecular formula is C22H24N2O5. The zero-order chi connectivity index (χ0) is 20.9. The van der Waals surface area contributed by atoms with E-state index < -0.39 is 17.6 Å². The van der Waals surface area contributed by atoms with Gasteiger partial charge in [0, 0.05) is 37.9 Å². The number of piperidine rings is 1. The predicted molar refractivity (Wildman–Crippen MR) is 106 cm³/mol. The van der Waals surface area contributed by atoms with Crippen molar-refractivity contribution < 1.29 is 24.6 Å². The summed E-state index contributed by atoms with van der Waals surface area (Å²) in [6, 6.07) is 17.2. The molecule has 0 radical (unpaired) electrons. The number of hydrogen-bond acceptors (Lipinski definition) is 4. The molecule has 1 aliphatic heterocycles. The monoisotopic (exact) mass is 396 g/mol. The van der Waals surface area contributed by atoms with Crippen LogP contribution in [0.25, 0.3) is 0 Å². The maximum absolute atomic E-state index is 13.1. The largest absolute Gasteiger partial charge is 0.479 e. The van der Waals surface area contributed by atoms with Gasteiger partial charge >= 0.3 is 5.97 Å². The van der Waals surface area contributed by atoms with Gasteiger partial charge in [0.1, 0.15) is 6.04 Å². The summed E-state index contributed by atoms with van der Waals surface area (Å²) in [6.45, 7) is 0.238. The van der Waals surface area contributed by atoms with E-state index in [4.69, 9.17) is 5.11 Å². The molecule has 7 nitrogen and oxygen atoms in total. The van der Waals surface area contributed by atoms with Gasteiger partial charge in [-0.05, 0) is 17.7 Å². The lowest BCUT2D eigenvalue weighted by Gasteiger charge is -2.37. The highest BCUT2D eigenvalue weighted by atomic mass is 16.4. The lowest BCUT2D eigenvalue weighted by Crippen LogP contribution is -2.56. The Balaban J connectivity index is 1.74. The maximum atomic E-state index is 13.1. The standard InChI is InChI=1S/C22H24N2O5/c25-19(17-9-5-2-6-10-17)23-18(15-16-7-3-1-4-8-16)20(26)24-13-11-22(29,12-14-24)21(27)28/h1-10,18,29H,11-15H2,(H,23,25)(H,27,28). The van der Waals surface area contributed by atoms with Gasteiger partial charge in [0.05, 0.1) is 0 Å². The predicted octanol–water partition coefficient (Wildman–Crippen LogP) is 1.47. The minimum absolute atomic E-state index is 0.0429. The number of carboxylic acids is 1. The highest BCUT2D eigenvalue weighted by Crippen LogP contribution is 2.23. The molecule has 2 aromatic rings. The number of aliphatic hydroxyl groups is 1. The number of aliphatic carboxylic acids is 1. The molecule has 152 valence electrons. The Labute approximate surface area is 169 Å². The summed E-state index contributed by atoms with van der Waals surface area (Å²) in [6.07, 6.45) is 0.232. The summed E-state index contributed by atoms with van der Waals surface area (Å²) in [7, 11) is 0. The molecule has 3 rings (SSSR count).